The highest BCUT2D eigenvalue weighted by atomic mass is 16.7. The number of aliphatic hydroxyl groups excluding tert-OH is 5. The van der Waals surface area contributed by atoms with Crippen molar-refractivity contribution >= 4 is 5.91 Å². The lowest BCUT2D eigenvalue weighted by Gasteiger charge is -2.40. The van der Waals surface area contributed by atoms with Gasteiger partial charge in [-0.15, -0.1) is 0 Å². The van der Waals surface area contributed by atoms with E-state index in [-0.39, 0.29) is 12.5 Å². The topological polar surface area (TPSA) is 149 Å². The van der Waals surface area contributed by atoms with Gasteiger partial charge in [0.1, 0.15) is 24.4 Å². The number of carbonyl (C=O) groups excluding carboxylic acids is 1. The Balaban J connectivity index is 2.50. The highest BCUT2D eigenvalue weighted by molar-refractivity contribution is 5.76. The predicted molar refractivity (Wildman–Crippen MR) is 161 cm³/mol. The van der Waals surface area contributed by atoms with E-state index in [1.54, 1.807) is 6.08 Å². The summed E-state index contributed by atoms with van der Waals surface area (Å²) in [5.74, 6) is -0.193. The predicted octanol–water partition coefficient (Wildman–Crippen LogP) is 4.27. The Kier molecular flexibility index (Phi) is 22.6. The zero-order valence-corrected chi connectivity index (χ0v) is 25.8. The van der Waals surface area contributed by atoms with Gasteiger partial charge in [-0.3, -0.25) is 4.79 Å². The number of carbonyl (C=O) groups is 1. The second kappa shape index (κ2) is 24.4. The molecule has 0 saturated carbocycles. The molecule has 1 heterocycles. The molecule has 0 aliphatic carbocycles. The summed E-state index contributed by atoms with van der Waals surface area (Å²) in [5.41, 5.74) is 0. The third kappa shape index (κ3) is 17.0. The fourth-order valence-corrected chi connectivity index (χ4v) is 5.09. The van der Waals surface area contributed by atoms with Gasteiger partial charge in [-0.25, -0.2) is 0 Å². The normalized spacial score (nSPS) is 24.5. The van der Waals surface area contributed by atoms with Crippen LogP contribution in [0.1, 0.15) is 129 Å². The summed E-state index contributed by atoms with van der Waals surface area (Å²) in [7, 11) is 0. The molecule has 6 N–H and O–H groups in total. The third-order valence-corrected chi connectivity index (χ3v) is 7.86. The smallest absolute Gasteiger partial charge is 0.220 e. The number of hydrogen-bond donors (Lipinski definition) is 6. The van der Waals surface area contributed by atoms with Gasteiger partial charge in [-0.1, -0.05) is 116 Å². The molecule has 0 unspecified atom stereocenters. The molecule has 1 amide bonds. The minimum absolute atomic E-state index is 0.186. The van der Waals surface area contributed by atoms with Crippen molar-refractivity contribution in [2.24, 2.45) is 0 Å². The summed E-state index contributed by atoms with van der Waals surface area (Å²) in [6, 6.07) is -0.793. The van der Waals surface area contributed by atoms with Crippen LogP contribution in [0.25, 0.3) is 0 Å². The van der Waals surface area contributed by atoms with Gasteiger partial charge < -0.3 is 40.3 Å². The molecule has 0 aromatic heterocycles. The third-order valence-electron chi connectivity index (χ3n) is 7.86. The van der Waals surface area contributed by atoms with Crippen molar-refractivity contribution in [1.82, 2.24) is 5.32 Å². The molecule has 1 fully saturated rings. The minimum atomic E-state index is -1.56. The maximum Gasteiger partial charge on any atom is 0.220 e. The van der Waals surface area contributed by atoms with Crippen LogP contribution >= 0.6 is 0 Å². The Morgan fingerprint density at radius 2 is 1.34 bits per heavy atom. The molecule has 1 saturated heterocycles. The molecule has 1 aliphatic heterocycles. The highest BCUT2D eigenvalue weighted by Gasteiger charge is 2.44. The molecule has 9 nitrogen and oxygen atoms in total. The van der Waals surface area contributed by atoms with E-state index in [4.69, 9.17) is 9.47 Å². The van der Waals surface area contributed by atoms with Crippen LogP contribution in [-0.2, 0) is 14.3 Å². The molecule has 41 heavy (non-hydrogen) atoms. The van der Waals surface area contributed by atoms with Crippen LogP contribution in [0.5, 0.6) is 0 Å². The first-order valence-electron chi connectivity index (χ1n) is 16.4. The monoisotopic (exact) mass is 587 g/mol. The average Bonchev–Trinajstić information content (AvgIpc) is 2.97. The quantitative estimate of drug-likeness (QED) is 0.0685. The van der Waals surface area contributed by atoms with Gasteiger partial charge in [-0.05, 0) is 19.3 Å². The van der Waals surface area contributed by atoms with Gasteiger partial charge in [0.05, 0.1) is 25.4 Å². The lowest BCUT2D eigenvalue weighted by molar-refractivity contribution is -0.302. The minimum Gasteiger partial charge on any atom is -0.394 e. The fourth-order valence-electron chi connectivity index (χ4n) is 5.09. The SMILES string of the molecule is CCCCCCCCCCCCC/C=C/[C@H](O)[C@H](CO[C@@H]1O[C@H](CO)[C@@H](O)[C@H](O)[C@H]1O)NC(=O)CCCCCCC. The van der Waals surface area contributed by atoms with Gasteiger partial charge in [-0.2, -0.15) is 0 Å². The van der Waals surface area contributed by atoms with Crippen LogP contribution in [0.3, 0.4) is 0 Å². The second-order valence-electron chi connectivity index (χ2n) is 11.6. The van der Waals surface area contributed by atoms with E-state index in [9.17, 15) is 30.3 Å². The van der Waals surface area contributed by atoms with Crippen LogP contribution in [0, 0.1) is 0 Å². The standard InChI is InChI=1S/C32H61NO8/c1-3-5-7-9-10-11-12-13-14-15-16-18-19-21-26(35)25(33-28(36)22-20-17-8-6-4-2)24-40-32-31(39)30(38)29(37)27(23-34)41-32/h19,21,25-27,29-32,34-35,37-39H,3-18,20,22-24H2,1-2H3,(H,33,36)/b21-19+/t25-,26-,27+,29+,30-,31+,32+/m0/s1. The summed E-state index contributed by atoms with van der Waals surface area (Å²) in [6.07, 6.45) is 15.8. The first-order valence-corrected chi connectivity index (χ1v) is 16.4. The summed E-state index contributed by atoms with van der Waals surface area (Å²) in [5, 5.41) is 53.4. The fraction of sp³-hybridized carbons (Fsp3) is 0.906. The van der Waals surface area contributed by atoms with E-state index in [1.165, 1.54) is 57.8 Å². The second-order valence-corrected chi connectivity index (χ2v) is 11.6. The van der Waals surface area contributed by atoms with Crippen LogP contribution in [-0.4, -0.2) is 87.5 Å². The van der Waals surface area contributed by atoms with Crippen LogP contribution < -0.4 is 5.32 Å². The van der Waals surface area contributed by atoms with E-state index < -0.39 is 49.5 Å². The lowest BCUT2D eigenvalue weighted by atomic mass is 9.99. The zero-order valence-electron chi connectivity index (χ0n) is 25.8. The van der Waals surface area contributed by atoms with Crippen molar-refractivity contribution < 1.29 is 39.8 Å². The summed E-state index contributed by atoms with van der Waals surface area (Å²) in [6.45, 7) is 3.63. The summed E-state index contributed by atoms with van der Waals surface area (Å²) >= 11 is 0. The highest BCUT2D eigenvalue weighted by Crippen LogP contribution is 2.22. The van der Waals surface area contributed by atoms with Crippen LogP contribution in [0.15, 0.2) is 12.2 Å². The van der Waals surface area contributed by atoms with Gasteiger partial charge >= 0.3 is 0 Å². The maximum atomic E-state index is 12.6. The van der Waals surface area contributed by atoms with E-state index in [0.29, 0.717) is 6.42 Å². The van der Waals surface area contributed by atoms with Crippen molar-refractivity contribution in [2.75, 3.05) is 13.2 Å². The van der Waals surface area contributed by atoms with E-state index in [2.05, 4.69) is 19.2 Å². The largest absolute Gasteiger partial charge is 0.394 e. The van der Waals surface area contributed by atoms with Crippen LogP contribution in [0.2, 0.25) is 0 Å². The molecule has 0 bridgehead atoms. The van der Waals surface area contributed by atoms with Crippen molar-refractivity contribution in [2.45, 2.75) is 172 Å². The molecule has 1 rings (SSSR count). The molecule has 7 atom stereocenters. The first kappa shape index (κ1) is 38.0. The number of unbranched alkanes of at least 4 members (excludes halogenated alkanes) is 15. The number of ether oxygens (including phenoxy) is 2. The maximum absolute atomic E-state index is 12.6. The van der Waals surface area contributed by atoms with Gasteiger partial charge in [0, 0.05) is 6.42 Å². The van der Waals surface area contributed by atoms with Gasteiger partial charge in [0.25, 0.3) is 0 Å². The molecule has 242 valence electrons. The van der Waals surface area contributed by atoms with Gasteiger partial charge in [0.2, 0.25) is 5.91 Å². The molecular weight excluding hydrogens is 526 g/mol. The van der Waals surface area contributed by atoms with E-state index >= 15 is 0 Å². The van der Waals surface area contributed by atoms with Gasteiger partial charge in [0.15, 0.2) is 6.29 Å². The Bertz CT molecular complexity index is 662. The lowest BCUT2D eigenvalue weighted by Crippen LogP contribution is -2.60. The molecule has 9 heteroatoms. The Labute approximate surface area is 248 Å². The first-order chi connectivity index (χ1) is 19.8. The summed E-state index contributed by atoms with van der Waals surface area (Å²) < 4.78 is 11.0. The Hall–Kier alpha value is -1.07. The molecule has 0 aromatic rings. The van der Waals surface area contributed by atoms with Crippen molar-refractivity contribution in [3.63, 3.8) is 0 Å². The molecule has 1 aliphatic rings. The number of aliphatic hydroxyl groups is 5. The summed E-state index contributed by atoms with van der Waals surface area (Å²) in [4.78, 5) is 12.6. The van der Waals surface area contributed by atoms with Crippen molar-refractivity contribution in [3.8, 4) is 0 Å². The van der Waals surface area contributed by atoms with E-state index in [1.807, 2.05) is 6.08 Å². The molecule has 0 aromatic carbocycles. The molecular formula is C32H61NO8. The number of amides is 1. The Morgan fingerprint density at radius 1 is 0.805 bits per heavy atom. The van der Waals surface area contributed by atoms with Crippen molar-refractivity contribution in [1.29, 1.82) is 0 Å². The van der Waals surface area contributed by atoms with E-state index in [0.717, 1.165) is 51.4 Å². The number of rotatable bonds is 25. The average molecular weight is 588 g/mol. The number of allylic oxidation sites excluding steroid dienone is 1. The number of nitrogens with one attached hydrogen (secondary N) is 1. The molecule has 0 radical (unpaired) electrons. The van der Waals surface area contributed by atoms with Crippen LogP contribution in [0.4, 0.5) is 0 Å². The Morgan fingerprint density at radius 3 is 1.90 bits per heavy atom. The zero-order chi connectivity index (χ0) is 30.3. The number of hydrogen-bond acceptors (Lipinski definition) is 8. The molecule has 0 spiro atoms. The van der Waals surface area contributed by atoms with Crippen molar-refractivity contribution in [3.05, 3.63) is 12.2 Å².